The summed E-state index contributed by atoms with van der Waals surface area (Å²) in [5.74, 6) is 0.108. The van der Waals surface area contributed by atoms with E-state index in [4.69, 9.17) is 0 Å². The third-order valence-corrected chi connectivity index (χ3v) is 4.90. The molecule has 0 saturated carbocycles. The molecule has 1 saturated heterocycles. The Hall–Kier alpha value is -2.07. The molecule has 2 heterocycles. The highest BCUT2D eigenvalue weighted by molar-refractivity contribution is 5.92. The minimum Gasteiger partial charge on any atom is -0.357 e. The van der Waals surface area contributed by atoms with Crippen molar-refractivity contribution in [1.29, 1.82) is 0 Å². The third-order valence-electron chi connectivity index (χ3n) is 4.90. The Balaban J connectivity index is 1.67. The smallest absolute Gasteiger partial charge is 0.270 e. The maximum Gasteiger partial charge on any atom is 0.270 e. The number of aromatic amines is 1. The predicted octanol–water partition coefficient (Wildman–Crippen LogP) is 3.31. The van der Waals surface area contributed by atoms with Crippen LogP contribution in [0.1, 0.15) is 42.4 Å². The van der Waals surface area contributed by atoms with Gasteiger partial charge >= 0.3 is 0 Å². The Morgan fingerprint density at radius 2 is 2.09 bits per heavy atom. The second-order valence-corrected chi connectivity index (χ2v) is 6.20. The van der Waals surface area contributed by atoms with Gasteiger partial charge in [-0.15, -0.1) is 0 Å². The van der Waals surface area contributed by atoms with E-state index in [0.29, 0.717) is 17.8 Å². The van der Waals surface area contributed by atoms with E-state index in [1.54, 1.807) is 6.20 Å². The molecule has 1 aromatic carbocycles. The first-order valence-corrected chi connectivity index (χ1v) is 8.44. The Bertz CT molecular complexity index is 623. The zero-order chi connectivity index (χ0) is 16.2. The Labute approximate surface area is 138 Å². The molecule has 0 spiro atoms. The van der Waals surface area contributed by atoms with Crippen LogP contribution in [0.2, 0.25) is 0 Å². The number of nitrogens with zero attached hydrogens (tertiary/aromatic N) is 2. The molecule has 1 fully saturated rings. The lowest BCUT2D eigenvalue weighted by Gasteiger charge is -2.29. The molecule has 1 aliphatic rings. The van der Waals surface area contributed by atoms with E-state index in [0.717, 1.165) is 26.1 Å². The zero-order valence-electron chi connectivity index (χ0n) is 13.9. The summed E-state index contributed by atoms with van der Waals surface area (Å²) in [7, 11) is 0. The molecular formula is C19H25N3O. The number of H-pyrrole nitrogens is 1. The molecule has 0 aliphatic carbocycles. The number of benzene rings is 1. The standard InChI is InChI=1S/C19H25N3O/c1-3-22(19(23)18-10-7-12-20-18)17-11-13-21(14-17)15(2)16-8-5-4-6-9-16/h4-10,12,15,17,20H,3,11,13-14H2,1-2H3/t15-,17-/m0/s1. The van der Waals surface area contributed by atoms with Crippen molar-refractivity contribution >= 4 is 5.91 Å². The van der Waals surface area contributed by atoms with Crippen LogP contribution in [-0.2, 0) is 0 Å². The van der Waals surface area contributed by atoms with E-state index in [-0.39, 0.29) is 5.91 Å². The largest absolute Gasteiger partial charge is 0.357 e. The molecule has 0 unspecified atom stereocenters. The fraction of sp³-hybridized carbons (Fsp3) is 0.421. The van der Waals surface area contributed by atoms with Crippen molar-refractivity contribution in [3.63, 3.8) is 0 Å². The number of nitrogens with one attached hydrogen (secondary N) is 1. The summed E-state index contributed by atoms with van der Waals surface area (Å²) < 4.78 is 0. The lowest BCUT2D eigenvalue weighted by molar-refractivity contribution is 0.0684. The molecule has 3 rings (SSSR count). The number of hydrogen-bond donors (Lipinski definition) is 1. The van der Waals surface area contributed by atoms with Gasteiger partial charge in [-0.3, -0.25) is 9.69 Å². The van der Waals surface area contributed by atoms with Gasteiger partial charge in [-0.05, 0) is 38.0 Å². The van der Waals surface area contributed by atoms with Gasteiger partial charge in [0.2, 0.25) is 0 Å². The average molecular weight is 311 g/mol. The van der Waals surface area contributed by atoms with E-state index in [9.17, 15) is 4.79 Å². The maximum absolute atomic E-state index is 12.6. The molecule has 0 bridgehead atoms. The fourth-order valence-electron chi connectivity index (χ4n) is 3.50. The first kappa shape index (κ1) is 15.8. The van der Waals surface area contributed by atoms with Gasteiger partial charge in [-0.1, -0.05) is 30.3 Å². The maximum atomic E-state index is 12.6. The molecule has 122 valence electrons. The number of likely N-dealkylation sites (tertiary alicyclic amines) is 1. The van der Waals surface area contributed by atoms with Crippen molar-refractivity contribution in [3.05, 3.63) is 59.9 Å². The summed E-state index contributed by atoms with van der Waals surface area (Å²) in [6, 6.07) is 15.0. The topological polar surface area (TPSA) is 39.3 Å². The molecule has 0 radical (unpaired) electrons. The number of carbonyl (C=O) groups excluding carboxylic acids is 1. The van der Waals surface area contributed by atoms with Crippen LogP contribution in [-0.4, -0.2) is 46.4 Å². The number of rotatable bonds is 5. The summed E-state index contributed by atoms with van der Waals surface area (Å²) in [6.45, 7) is 7.03. The molecule has 1 aliphatic heterocycles. The molecule has 4 nitrogen and oxygen atoms in total. The summed E-state index contributed by atoms with van der Waals surface area (Å²) in [6.07, 6.45) is 2.84. The number of carbonyl (C=O) groups is 1. The summed E-state index contributed by atoms with van der Waals surface area (Å²) in [4.78, 5) is 20.2. The molecule has 2 atom stereocenters. The fourth-order valence-corrected chi connectivity index (χ4v) is 3.50. The van der Waals surface area contributed by atoms with Gasteiger partial charge in [-0.25, -0.2) is 0 Å². The SMILES string of the molecule is CCN(C(=O)c1ccc[nH]1)[C@H]1CCN([C@@H](C)c2ccccc2)C1. The monoisotopic (exact) mass is 311 g/mol. The minimum absolute atomic E-state index is 0.108. The number of hydrogen-bond acceptors (Lipinski definition) is 2. The quantitative estimate of drug-likeness (QED) is 0.920. The highest BCUT2D eigenvalue weighted by atomic mass is 16.2. The van der Waals surface area contributed by atoms with E-state index < -0.39 is 0 Å². The first-order chi connectivity index (χ1) is 11.2. The summed E-state index contributed by atoms with van der Waals surface area (Å²) in [5.41, 5.74) is 2.02. The van der Waals surface area contributed by atoms with E-state index in [2.05, 4.69) is 54.1 Å². The van der Waals surface area contributed by atoms with Crippen molar-refractivity contribution in [2.75, 3.05) is 19.6 Å². The lowest BCUT2D eigenvalue weighted by atomic mass is 10.1. The molecule has 2 aromatic rings. The van der Waals surface area contributed by atoms with Crippen LogP contribution in [0.4, 0.5) is 0 Å². The predicted molar refractivity (Wildman–Crippen MR) is 92.3 cm³/mol. The zero-order valence-corrected chi connectivity index (χ0v) is 13.9. The molecule has 1 N–H and O–H groups in total. The first-order valence-electron chi connectivity index (χ1n) is 8.44. The molecule has 1 aromatic heterocycles. The average Bonchev–Trinajstić information content (AvgIpc) is 3.27. The Morgan fingerprint density at radius 1 is 1.30 bits per heavy atom. The van der Waals surface area contributed by atoms with Crippen LogP contribution in [0.5, 0.6) is 0 Å². The van der Waals surface area contributed by atoms with Gasteiger partial charge in [-0.2, -0.15) is 0 Å². The lowest BCUT2D eigenvalue weighted by Crippen LogP contribution is -2.42. The van der Waals surface area contributed by atoms with Gasteiger partial charge in [0.05, 0.1) is 0 Å². The van der Waals surface area contributed by atoms with Gasteiger partial charge in [0, 0.05) is 37.9 Å². The van der Waals surface area contributed by atoms with Crippen molar-refractivity contribution in [1.82, 2.24) is 14.8 Å². The van der Waals surface area contributed by atoms with E-state index in [1.807, 2.05) is 17.0 Å². The second-order valence-electron chi connectivity index (χ2n) is 6.20. The van der Waals surface area contributed by atoms with Crippen molar-refractivity contribution in [2.24, 2.45) is 0 Å². The minimum atomic E-state index is 0.108. The van der Waals surface area contributed by atoms with Crippen molar-refractivity contribution < 1.29 is 4.79 Å². The van der Waals surface area contributed by atoms with E-state index >= 15 is 0 Å². The van der Waals surface area contributed by atoms with Crippen LogP contribution in [0.25, 0.3) is 0 Å². The van der Waals surface area contributed by atoms with Crippen LogP contribution >= 0.6 is 0 Å². The number of aromatic nitrogens is 1. The van der Waals surface area contributed by atoms with Gasteiger partial charge < -0.3 is 9.88 Å². The molecule has 4 heteroatoms. The van der Waals surface area contributed by atoms with Crippen LogP contribution in [0, 0.1) is 0 Å². The normalized spacial score (nSPS) is 19.7. The number of likely N-dealkylation sites (N-methyl/N-ethyl adjacent to an activating group) is 1. The van der Waals surface area contributed by atoms with Crippen LogP contribution in [0.3, 0.4) is 0 Å². The van der Waals surface area contributed by atoms with Gasteiger partial charge in [0.15, 0.2) is 0 Å². The highest BCUT2D eigenvalue weighted by Gasteiger charge is 2.32. The van der Waals surface area contributed by atoms with Gasteiger partial charge in [0.1, 0.15) is 5.69 Å². The van der Waals surface area contributed by atoms with Crippen LogP contribution < -0.4 is 0 Å². The summed E-state index contributed by atoms with van der Waals surface area (Å²) >= 11 is 0. The molecular weight excluding hydrogens is 286 g/mol. The molecule has 23 heavy (non-hydrogen) atoms. The Morgan fingerprint density at radius 3 is 2.74 bits per heavy atom. The van der Waals surface area contributed by atoms with Gasteiger partial charge in [0.25, 0.3) is 5.91 Å². The highest BCUT2D eigenvalue weighted by Crippen LogP contribution is 2.27. The second kappa shape index (κ2) is 7.01. The Kier molecular flexibility index (Phi) is 4.82. The van der Waals surface area contributed by atoms with Crippen molar-refractivity contribution in [2.45, 2.75) is 32.4 Å². The van der Waals surface area contributed by atoms with Crippen molar-refractivity contribution in [3.8, 4) is 0 Å². The third kappa shape index (κ3) is 3.32. The van der Waals surface area contributed by atoms with Crippen LogP contribution in [0.15, 0.2) is 48.7 Å². The van der Waals surface area contributed by atoms with E-state index in [1.165, 1.54) is 5.56 Å². The molecule has 1 amide bonds. The number of amides is 1. The summed E-state index contributed by atoms with van der Waals surface area (Å²) in [5, 5.41) is 0.